The van der Waals surface area contributed by atoms with Gasteiger partial charge < -0.3 is 19.0 Å². The fourth-order valence-corrected chi connectivity index (χ4v) is 10.6. The Morgan fingerprint density at radius 1 is 0.853 bits per heavy atom. The Morgan fingerprint density at radius 3 is 2.09 bits per heavy atom. The largest absolute Gasteiger partial charge is 0.413 e. The number of ether oxygens (including phenoxy) is 2. The van der Waals surface area contributed by atoms with Crippen LogP contribution in [-0.4, -0.2) is 43.6 Å². The third kappa shape index (κ3) is 3.57. The highest BCUT2D eigenvalue weighted by atomic mass is 28.4. The molecule has 5 heteroatoms. The molecular formula is C29H52O4Si. The first kappa shape index (κ1) is 25.7. The van der Waals surface area contributed by atoms with Gasteiger partial charge in [0.15, 0.2) is 14.1 Å². The van der Waals surface area contributed by atoms with Crippen molar-refractivity contribution >= 4 is 8.32 Å². The van der Waals surface area contributed by atoms with Gasteiger partial charge in [-0.3, -0.25) is 0 Å². The molecule has 5 fully saturated rings. The van der Waals surface area contributed by atoms with Crippen LogP contribution in [0.25, 0.3) is 0 Å². The number of hydrogen-bond donors (Lipinski definition) is 1. The highest BCUT2D eigenvalue weighted by Gasteiger charge is 2.70. The minimum Gasteiger partial charge on any atom is -0.413 e. The van der Waals surface area contributed by atoms with Crippen molar-refractivity contribution in [2.24, 2.45) is 40.4 Å². The molecule has 5 unspecified atom stereocenters. The second-order valence-electron chi connectivity index (χ2n) is 15.4. The first-order chi connectivity index (χ1) is 15.5. The molecule has 0 aromatic rings. The Morgan fingerprint density at radius 2 is 1.44 bits per heavy atom. The molecule has 34 heavy (non-hydrogen) atoms. The van der Waals surface area contributed by atoms with Crippen LogP contribution in [0.15, 0.2) is 0 Å². The fourth-order valence-electron chi connectivity index (χ4n) is 9.12. The van der Waals surface area contributed by atoms with Gasteiger partial charge in [-0.1, -0.05) is 41.5 Å². The molecule has 4 nitrogen and oxygen atoms in total. The van der Waals surface area contributed by atoms with Crippen molar-refractivity contribution in [3.8, 4) is 0 Å². The van der Waals surface area contributed by atoms with Gasteiger partial charge in [0.05, 0.1) is 24.4 Å². The summed E-state index contributed by atoms with van der Waals surface area (Å²) in [4.78, 5) is 0. The molecule has 4 aliphatic carbocycles. The molecule has 0 aromatic carbocycles. The predicted octanol–water partition coefficient (Wildman–Crippen LogP) is 6.77. The van der Waals surface area contributed by atoms with E-state index >= 15 is 0 Å². The zero-order valence-electron chi connectivity index (χ0n) is 23.6. The van der Waals surface area contributed by atoms with Crippen molar-refractivity contribution in [2.75, 3.05) is 0 Å². The molecule has 0 amide bonds. The number of rotatable bonds is 2. The van der Waals surface area contributed by atoms with Crippen molar-refractivity contribution in [1.82, 2.24) is 0 Å². The summed E-state index contributed by atoms with van der Waals surface area (Å²) in [5.41, 5.74) is 0.336. The molecule has 0 bridgehead atoms. The Balaban J connectivity index is 1.51. The van der Waals surface area contributed by atoms with E-state index in [1.807, 2.05) is 0 Å². The Hall–Kier alpha value is 0.0569. The van der Waals surface area contributed by atoms with Gasteiger partial charge in [0, 0.05) is 5.92 Å². The monoisotopic (exact) mass is 492 g/mol. The van der Waals surface area contributed by atoms with Crippen LogP contribution in [0.2, 0.25) is 18.1 Å². The number of fused-ring (bicyclic) bond motifs is 8. The molecule has 4 saturated carbocycles. The van der Waals surface area contributed by atoms with Crippen molar-refractivity contribution in [1.29, 1.82) is 0 Å². The smallest absolute Gasteiger partial charge is 0.192 e. The molecular weight excluding hydrogens is 440 g/mol. The zero-order valence-corrected chi connectivity index (χ0v) is 24.6. The standard InChI is InChI=1S/C29H52O4Si/c1-17-13-15-29(8)19-14-16-28(7)18(11-12-20(28)33-34(9,10)26(2,3)4)21(19)24-25(22(29)23(17)30)32-27(5,6)31-24/h17-25,30H,11-16H2,1-10H3/t17-,18?,19?,20+,21?,22?,23?,24-,25-,28+,29-/m1/s1. The average molecular weight is 493 g/mol. The summed E-state index contributed by atoms with van der Waals surface area (Å²) in [5.74, 6) is 1.65. The van der Waals surface area contributed by atoms with Crippen LogP contribution in [0.5, 0.6) is 0 Å². The van der Waals surface area contributed by atoms with E-state index in [0.717, 1.165) is 6.42 Å². The molecule has 0 spiro atoms. The topological polar surface area (TPSA) is 47.9 Å². The lowest BCUT2D eigenvalue weighted by Gasteiger charge is -2.64. The molecule has 0 radical (unpaired) electrons. The molecule has 1 N–H and O–H groups in total. The Bertz CT molecular complexity index is 804. The molecule has 1 saturated heterocycles. The third-order valence-corrected chi connectivity index (χ3v) is 16.6. The summed E-state index contributed by atoms with van der Waals surface area (Å²) in [6.07, 6.45) is 7.38. The maximum absolute atomic E-state index is 11.5. The minimum absolute atomic E-state index is 0.00158. The normalized spacial score (nSPS) is 52.5. The maximum Gasteiger partial charge on any atom is 0.192 e. The molecule has 1 aliphatic heterocycles. The molecule has 1 heterocycles. The van der Waals surface area contributed by atoms with Gasteiger partial charge in [-0.05, 0) is 105 Å². The SMILES string of the molecule is C[C@@H]1CC[C@]2(C)C3CC[C@@]4(C)C(CC[C@@H]4O[Si](C)(C)C(C)(C)C)C3[C@H]3OC(C)(C)O[C@@H]3C2C1O. The number of aliphatic hydroxyl groups is 1. The average Bonchev–Trinajstić information content (AvgIpc) is 3.19. The lowest BCUT2D eigenvalue weighted by atomic mass is 9.43. The van der Waals surface area contributed by atoms with E-state index in [0.29, 0.717) is 29.8 Å². The summed E-state index contributed by atoms with van der Waals surface area (Å²) in [6, 6.07) is 0. The molecule has 5 aliphatic rings. The second kappa shape index (κ2) is 7.79. The first-order valence-electron chi connectivity index (χ1n) is 14.2. The molecule has 11 atom stereocenters. The van der Waals surface area contributed by atoms with E-state index in [-0.39, 0.29) is 40.1 Å². The quantitative estimate of drug-likeness (QED) is 0.432. The van der Waals surface area contributed by atoms with Crippen LogP contribution >= 0.6 is 0 Å². The van der Waals surface area contributed by atoms with Gasteiger partial charge in [0.1, 0.15) is 0 Å². The summed E-state index contributed by atoms with van der Waals surface area (Å²) in [6.45, 7) is 23.3. The molecule has 0 aromatic heterocycles. The van der Waals surface area contributed by atoms with Crippen LogP contribution in [0.1, 0.15) is 93.9 Å². The van der Waals surface area contributed by atoms with Gasteiger partial charge in [-0.25, -0.2) is 0 Å². The molecule has 5 rings (SSSR count). The van der Waals surface area contributed by atoms with E-state index in [9.17, 15) is 5.11 Å². The van der Waals surface area contributed by atoms with Gasteiger partial charge in [-0.2, -0.15) is 0 Å². The maximum atomic E-state index is 11.5. The lowest BCUT2D eigenvalue weighted by Crippen LogP contribution is -2.66. The van der Waals surface area contributed by atoms with Crippen LogP contribution in [0.4, 0.5) is 0 Å². The summed E-state index contributed by atoms with van der Waals surface area (Å²) in [5, 5.41) is 11.7. The highest BCUT2D eigenvalue weighted by molar-refractivity contribution is 6.74. The van der Waals surface area contributed by atoms with Crippen LogP contribution in [0, 0.1) is 40.4 Å². The van der Waals surface area contributed by atoms with Gasteiger partial charge in [-0.15, -0.1) is 0 Å². The number of aliphatic hydroxyl groups excluding tert-OH is 1. The van der Waals surface area contributed by atoms with E-state index in [1.165, 1.54) is 32.1 Å². The first-order valence-corrected chi connectivity index (χ1v) is 17.1. The second-order valence-corrected chi connectivity index (χ2v) is 20.1. The Kier molecular flexibility index (Phi) is 5.88. The van der Waals surface area contributed by atoms with E-state index < -0.39 is 14.1 Å². The van der Waals surface area contributed by atoms with E-state index in [4.69, 9.17) is 13.9 Å². The number of hydrogen-bond acceptors (Lipinski definition) is 4. The van der Waals surface area contributed by atoms with Gasteiger partial charge >= 0.3 is 0 Å². The zero-order chi connectivity index (χ0) is 25.1. The van der Waals surface area contributed by atoms with Crippen LogP contribution < -0.4 is 0 Å². The van der Waals surface area contributed by atoms with Crippen LogP contribution in [-0.2, 0) is 13.9 Å². The third-order valence-electron chi connectivity index (χ3n) is 12.1. The summed E-state index contributed by atoms with van der Waals surface area (Å²) >= 11 is 0. The van der Waals surface area contributed by atoms with Crippen molar-refractivity contribution < 1.29 is 19.0 Å². The Labute approximate surface area is 210 Å². The van der Waals surface area contributed by atoms with Gasteiger partial charge in [0.25, 0.3) is 0 Å². The van der Waals surface area contributed by atoms with Crippen molar-refractivity contribution in [2.45, 2.75) is 142 Å². The van der Waals surface area contributed by atoms with Gasteiger partial charge in [0.2, 0.25) is 0 Å². The predicted molar refractivity (Wildman–Crippen MR) is 139 cm³/mol. The highest BCUT2D eigenvalue weighted by Crippen LogP contribution is 2.69. The van der Waals surface area contributed by atoms with Crippen molar-refractivity contribution in [3.05, 3.63) is 0 Å². The van der Waals surface area contributed by atoms with Crippen molar-refractivity contribution in [3.63, 3.8) is 0 Å². The van der Waals surface area contributed by atoms with Crippen LogP contribution in [0.3, 0.4) is 0 Å². The molecule has 196 valence electrons. The summed E-state index contributed by atoms with van der Waals surface area (Å²) < 4.78 is 20.6. The van der Waals surface area contributed by atoms with E-state index in [1.54, 1.807) is 0 Å². The summed E-state index contributed by atoms with van der Waals surface area (Å²) in [7, 11) is -1.83. The minimum atomic E-state index is -1.83. The fraction of sp³-hybridized carbons (Fsp3) is 1.00. The van der Waals surface area contributed by atoms with E-state index in [2.05, 4.69) is 68.5 Å². The lowest BCUT2D eigenvalue weighted by molar-refractivity contribution is -0.215.